The number of aromatic nitrogens is 2. The topological polar surface area (TPSA) is 58.2 Å². The van der Waals surface area contributed by atoms with Crippen LogP contribution >= 0.6 is 0 Å². The van der Waals surface area contributed by atoms with Crippen LogP contribution in [0.25, 0.3) is 97.9 Å². The average Bonchev–Trinajstić information content (AvgIpc) is 0.822. The van der Waals surface area contributed by atoms with E-state index in [4.69, 9.17) is 0 Å². The molecule has 0 atom stereocenters. The fourth-order valence-corrected chi connectivity index (χ4v) is 19.0. The van der Waals surface area contributed by atoms with Crippen LogP contribution in [0.2, 0.25) is 0 Å². The van der Waals surface area contributed by atoms with E-state index in [-0.39, 0.29) is 105 Å². The molecule has 0 N–H and O–H groups in total. The van der Waals surface area contributed by atoms with Crippen LogP contribution in [0.4, 0.5) is 0 Å². The van der Waals surface area contributed by atoms with Gasteiger partial charge in [0.25, 0.3) is 0 Å². The van der Waals surface area contributed by atoms with Gasteiger partial charge in [0.2, 0.25) is 0 Å². The molecule has 0 saturated carbocycles. The maximum atomic E-state index is 4.46. The smallest absolute Gasteiger partial charge is 0.304 e. The molecular formula is C133H140N12Pt5+10. The largest absolute Gasteiger partial charge is 4.00 e. The van der Waals surface area contributed by atoms with Gasteiger partial charge in [-0.25, -0.2) is 0 Å². The molecule has 0 aliphatic carbocycles. The molecule has 2 aromatic heterocycles. The van der Waals surface area contributed by atoms with Crippen molar-refractivity contribution in [1.82, 2.24) is 59.0 Å². The first-order valence-corrected chi connectivity index (χ1v) is 51.3. The van der Waals surface area contributed by atoms with Crippen LogP contribution in [0.5, 0.6) is 0 Å². The monoisotopic (exact) mass is 2880 g/mol. The van der Waals surface area contributed by atoms with Crippen molar-refractivity contribution in [3.8, 4) is 22.5 Å². The van der Waals surface area contributed by atoms with Gasteiger partial charge >= 0.3 is 105 Å². The summed E-state index contributed by atoms with van der Waals surface area (Å²) in [6, 6.07) is 156. The maximum absolute atomic E-state index is 4.46. The molecule has 150 heavy (non-hydrogen) atoms. The first-order chi connectivity index (χ1) is 71.0. The minimum Gasteiger partial charge on any atom is -0.304 e. The Morgan fingerprint density at radius 2 is 0.460 bits per heavy atom. The van der Waals surface area contributed by atoms with Crippen molar-refractivity contribution in [2.24, 2.45) is 0 Å². The molecule has 0 aliphatic rings. The minimum atomic E-state index is 0. The summed E-state index contributed by atoms with van der Waals surface area (Å²) >= 11 is 0. The molecule has 772 valence electrons. The molecular weight excluding hydrogens is 2740 g/mol. The van der Waals surface area contributed by atoms with Gasteiger partial charge in [-0.1, -0.05) is 133 Å². The Kier molecular flexibility index (Phi) is 53.1. The van der Waals surface area contributed by atoms with Crippen molar-refractivity contribution in [2.45, 2.75) is 97.6 Å². The van der Waals surface area contributed by atoms with Crippen LogP contribution in [-0.2, 0) is 171 Å². The molecule has 12 nitrogen and oxygen atoms in total. The van der Waals surface area contributed by atoms with E-state index in [1.807, 2.05) is 97.3 Å². The molecule has 0 aliphatic heterocycles. The Morgan fingerprint density at radius 1 is 0.193 bits per heavy atom. The zero-order valence-corrected chi connectivity index (χ0v) is 99.6. The van der Waals surface area contributed by atoms with Crippen molar-refractivity contribution >= 4 is 75.4 Å². The van der Waals surface area contributed by atoms with Crippen LogP contribution in [0.15, 0.2) is 364 Å². The molecule has 0 unspecified atom stereocenters. The van der Waals surface area contributed by atoms with Gasteiger partial charge in [-0.2, -0.15) is 188 Å². The van der Waals surface area contributed by atoms with E-state index in [0.29, 0.717) is 0 Å². The summed E-state index contributed by atoms with van der Waals surface area (Å²) in [6.07, 6.45) is 9.36. The van der Waals surface area contributed by atoms with Gasteiger partial charge in [0.05, 0.1) is 0 Å². The van der Waals surface area contributed by atoms with Gasteiger partial charge in [0.15, 0.2) is 0 Å². The Balaban J connectivity index is 0.000000190. The number of nitrogens with zero attached hydrogens (tertiary/aromatic N) is 12. The van der Waals surface area contributed by atoms with E-state index in [1.54, 1.807) is 0 Å². The van der Waals surface area contributed by atoms with Gasteiger partial charge in [-0.15, -0.1) is 209 Å². The number of rotatable bonds is 42. The second kappa shape index (κ2) is 65.4. The molecule has 19 aromatic rings. The third-order valence-corrected chi connectivity index (χ3v) is 26.6. The fraction of sp³-hybridized carbons (Fsp3) is 0.263. The fourth-order valence-electron chi connectivity index (χ4n) is 19.0. The van der Waals surface area contributed by atoms with E-state index in [0.717, 1.165) is 186 Å². The van der Waals surface area contributed by atoms with Crippen LogP contribution in [0, 0.1) is 60.7 Å². The number of benzene rings is 17. The van der Waals surface area contributed by atoms with Gasteiger partial charge < -0.3 is 49.0 Å². The van der Waals surface area contributed by atoms with Crippen LogP contribution in [-0.4, -0.2) is 195 Å². The summed E-state index contributed by atoms with van der Waals surface area (Å²) < 4.78 is 0. The first kappa shape index (κ1) is 122. The van der Waals surface area contributed by atoms with Gasteiger partial charge in [-0.3, -0.25) is 9.97 Å². The van der Waals surface area contributed by atoms with Gasteiger partial charge in [0, 0.05) is 89.2 Å². The second-order valence-electron chi connectivity index (χ2n) is 39.1. The van der Waals surface area contributed by atoms with Crippen molar-refractivity contribution in [3.05, 3.63) is 481 Å². The third kappa shape index (κ3) is 39.5. The Hall–Kier alpha value is -10.1. The molecule has 17 heteroatoms. The second-order valence-corrected chi connectivity index (χ2v) is 39.1. The van der Waals surface area contributed by atoms with E-state index in [9.17, 15) is 0 Å². The van der Waals surface area contributed by atoms with Gasteiger partial charge in [0.1, 0.15) is 0 Å². The molecule has 0 fully saturated rings. The summed E-state index contributed by atoms with van der Waals surface area (Å²) in [5, 5.41) is 18.0. The SMILES string of the molecule is CN(CCCN(C)Cc1[c-]cc2ccccc2c1)Cc1[c-]cc2ccccc2c1.CN(CCCN(C)Cc1[c-]ccc(-c2ccccn2)c1)Cc1[c-]ccc(-c2ccccn2)c1.CN(CCCN(C)Cc1[c-]ccc2ccccc12)Cc1[c-]c2ccccc2cc1.CN(CCCN(C)Cc1[c-]ccc2ccccc12)Cc1[c-]ccc2ccccc12.CN(CCCN(C)Cc1[c-]ccc2ccccc12)Cc1[c-]cccc1.[Pt+4].[Pt+4].[Pt+4].[Pt+4].[Pt+4]. The molecule has 0 amide bonds. The Bertz CT molecular complexity index is 6860. The maximum Gasteiger partial charge on any atom is 4.00 e. The van der Waals surface area contributed by atoms with Crippen LogP contribution < -0.4 is 0 Å². The van der Waals surface area contributed by atoms with E-state index < -0.39 is 0 Å². The molecule has 0 radical (unpaired) electrons. The first-order valence-electron chi connectivity index (χ1n) is 51.3. The molecule has 0 bridgehead atoms. The van der Waals surface area contributed by atoms with Crippen molar-refractivity contribution in [2.75, 3.05) is 136 Å². The van der Waals surface area contributed by atoms with E-state index >= 15 is 0 Å². The minimum absolute atomic E-state index is 0. The van der Waals surface area contributed by atoms with Crippen molar-refractivity contribution in [3.63, 3.8) is 0 Å². The summed E-state index contributed by atoms with van der Waals surface area (Å²) in [5.74, 6) is 0. The summed E-state index contributed by atoms with van der Waals surface area (Å²) in [7, 11) is 21.9. The average molecular weight is 2880 g/mol. The number of pyridine rings is 2. The zero-order valence-electron chi connectivity index (χ0n) is 88.3. The van der Waals surface area contributed by atoms with Crippen LogP contribution in [0.1, 0.15) is 87.7 Å². The Labute approximate surface area is 967 Å². The Morgan fingerprint density at radius 3 is 0.787 bits per heavy atom. The van der Waals surface area contributed by atoms with Crippen molar-refractivity contribution in [1.29, 1.82) is 0 Å². The van der Waals surface area contributed by atoms with E-state index in [1.165, 1.54) is 131 Å². The van der Waals surface area contributed by atoms with Gasteiger partial charge in [-0.05, 0) is 192 Å². The molecule has 2 heterocycles. The molecule has 0 spiro atoms. The standard InChI is InChI=1S/C29H30N4.3C27H28N2.C23H26N2.5Pt/c1-32(22-24-10-7-12-26(20-24)28-14-3-5-16-30-28)18-9-19-33(2)23-25-11-8-13-27(21-25)29-15-4-6-17-31-29;1-28(20-24-14-7-12-22-10-3-5-16-26(22)24)18-9-19-29(2)21-25-15-8-13-23-11-4-6-17-27(23)25;1-28(20-22-12-14-24-8-3-5-10-26(24)18-22)16-7-17-29(2)21-23-13-15-25-9-4-6-11-27(25)19-23;1-28(20-22-15-16-23-9-3-4-11-25(23)19-22)17-8-18-29(2)21-26-13-7-12-24-10-5-6-14-27(24)26;1-24(18-20-10-4-3-5-11-20)16-9-17-25(2)19-22-14-8-13-21-12-6-7-15-23(21)22;;;;;/h3-8,12-17,20-21H,9,18-19,22-23H2,1-2H3;3-8,10-13,16-17H,9,18-21H2,1-2H3;3-6,8-11,14-15,18-19H,7,16-17,20-21H2,1-2H3;3-7,9-12,14-16H,8,17-18,20-21H2,1-2H3;3-8,10,12-13,15H,9,16-19H2,1-2H3;;;;;/q5*-2;5*+4. The van der Waals surface area contributed by atoms with Crippen LogP contribution in [0.3, 0.4) is 0 Å². The summed E-state index contributed by atoms with van der Waals surface area (Å²) in [5.41, 5.74) is 16.8. The number of hydrogen-bond donors (Lipinski definition) is 0. The quantitative estimate of drug-likeness (QED) is 0.0343. The molecule has 0 saturated heterocycles. The summed E-state index contributed by atoms with van der Waals surface area (Å²) in [6.45, 7) is 19.9. The number of hydrogen-bond acceptors (Lipinski definition) is 12. The number of fused-ring (bicyclic) bond motifs is 7. The summed E-state index contributed by atoms with van der Waals surface area (Å²) in [4.78, 5) is 32.7. The molecule has 19 rings (SSSR count). The predicted octanol–water partition coefficient (Wildman–Crippen LogP) is 26.4. The predicted molar refractivity (Wildman–Crippen MR) is 608 cm³/mol. The van der Waals surface area contributed by atoms with E-state index in [2.05, 4.69) is 457 Å². The molecule has 17 aromatic carbocycles. The zero-order chi connectivity index (χ0) is 101. The normalized spacial score (nSPS) is 11.2. The third-order valence-electron chi connectivity index (χ3n) is 26.6. The van der Waals surface area contributed by atoms with Crippen molar-refractivity contribution < 1.29 is 105 Å².